The Kier molecular flexibility index (Phi) is 3.79. The van der Waals surface area contributed by atoms with E-state index in [1.807, 2.05) is 12.1 Å². The van der Waals surface area contributed by atoms with E-state index in [1.165, 1.54) is 0 Å². The summed E-state index contributed by atoms with van der Waals surface area (Å²) >= 11 is 5.53. The van der Waals surface area contributed by atoms with Gasteiger partial charge in [-0.1, -0.05) is 15.9 Å². The lowest BCUT2D eigenvalue weighted by Gasteiger charge is -2.06. The molecule has 0 atom stereocenters. The number of halogens is 2. The fourth-order valence-electron chi connectivity index (χ4n) is 0.849. The Bertz CT molecular complexity index is 263. The van der Waals surface area contributed by atoms with E-state index in [9.17, 15) is 0 Å². The van der Waals surface area contributed by atoms with Gasteiger partial charge in [0.25, 0.3) is 0 Å². The molecule has 0 heterocycles. The van der Waals surface area contributed by atoms with E-state index in [-0.39, 0.29) is 6.61 Å². The predicted molar refractivity (Wildman–Crippen MR) is 59.3 cm³/mol. The van der Waals surface area contributed by atoms with Crippen LogP contribution in [0.15, 0.2) is 16.6 Å². The number of methoxy groups -OCH3 is 1. The average molecular weight is 343 g/mol. The number of benzene rings is 1. The van der Waals surface area contributed by atoms with Crippen LogP contribution >= 0.6 is 38.5 Å². The van der Waals surface area contributed by atoms with E-state index < -0.39 is 0 Å². The molecule has 12 heavy (non-hydrogen) atoms. The molecule has 0 fully saturated rings. The molecule has 0 aliphatic heterocycles. The summed E-state index contributed by atoms with van der Waals surface area (Å²) in [5.41, 5.74) is 0.840. The lowest BCUT2D eigenvalue weighted by molar-refractivity contribution is 0.280. The normalized spacial score (nSPS) is 10.0. The minimum atomic E-state index is 0.0217. The van der Waals surface area contributed by atoms with Gasteiger partial charge in [0.05, 0.1) is 17.3 Å². The predicted octanol–water partition coefficient (Wildman–Crippen LogP) is 2.55. The average Bonchev–Trinajstić information content (AvgIpc) is 2.05. The monoisotopic (exact) mass is 342 g/mol. The minimum Gasteiger partial charge on any atom is -0.496 e. The van der Waals surface area contributed by atoms with Gasteiger partial charge in [-0.05, 0) is 40.3 Å². The summed E-state index contributed by atoms with van der Waals surface area (Å²) in [5.74, 6) is 0.794. The first-order chi connectivity index (χ1) is 5.69. The molecule has 0 unspecified atom stereocenters. The van der Waals surface area contributed by atoms with Gasteiger partial charge in [-0.3, -0.25) is 0 Å². The van der Waals surface area contributed by atoms with Crippen molar-refractivity contribution in [3.63, 3.8) is 0 Å². The van der Waals surface area contributed by atoms with Gasteiger partial charge in [-0.15, -0.1) is 0 Å². The van der Waals surface area contributed by atoms with Gasteiger partial charge < -0.3 is 9.84 Å². The minimum absolute atomic E-state index is 0.0217. The van der Waals surface area contributed by atoms with Gasteiger partial charge in [0, 0.05) is 4.47 Å². The van der Waals surface area contributed by atoms with Crippen molar-refractivity contribution >= 4 is 38.5 Å². The highest BCUT2D eigenvalue weighted by Crippen LogP contribution is 2.28. The van der Waals surface area contributed by atoms with Gasteiger partial charge in [0.1, 0.15) is 5.75 Å². The van der Waals surface area contributed by atoms with Crippen molar-refractivity contribution in [2.24, 2.45) is 0 Å². The SMILES string of the molecule is COc1cc(CO)c(Br)cc1I. The fraction of sp³-hybridized carbons (Fsp3) is 0.250. The summed E-state index contributed by atoms with van der Waals surface area (Å²) in [6.07, 6.45) is 0. The van der Waals surface area contributed by atoms with Crippen LogP contribution in [0.1, 0.15) is 5.56 Å². The zero-order chi connectivity index (χ0) is 9.14. The second-order valence-electron chi connectivity index (χ2n) is 2.24. The van der Waals surface area contributed by atoms with Crippen LogP contribution in [0.2, 0.25) is 0 Å². The summed E-state index contributed by atoms with van der Waals surface area (Å²) in [5, 5.41) is 8.94. The van der Waals surface area contributed by atoms with Crippen molar-refractivity contribution in [3.8, 4) is 5.75 Å². The molecule has 2 nitrogen and oxygen atoms in total. The molecule has 1 aromatic carbocycles. The third-order valence-electron chi connectivity index (χ3n) is 1.49. The Morgan fingerprint density at radius 1 is 1.58 bits per heavy atom. The highest BCUT2D eigenvalue weighted by atomic mass is 127. The maximum absolute atomic E-state index is 8.94. The van der Waals surface area contributed by atoms with Crippen molar-refractivity contribution < 1.29 is 9.84 Å². The third-order valence-corrected chi connectivity index (χ3v) is 3.07. The number of rotatable bonds is 2. The maximum Gasteiger partial charge on any atom is 0.132 e. The molecule has 66 valence electrons. The van der Waals surface area contributed by atoms with E-state index in [0.29, 0.717) is 0 Å². The molecule has 4 heteroatoms. The quantitative estimate of drug-likeness (QED) is 0.837. The number of hydrogen-bond donors (Lipinski definition) is 1. The molecular formula is C8H8BrIO2. The topological polar surface area (TPSA) is 29.5 Å². The van der Waals surface area contributed by atoms with Gasteiger partial charge in [0.15, 0.2) is 0 Å². The molecule has 0 aliphatic rings. The Labute approximate surface area is 93.2 Å². The highest BCUT2D eigenvalue weighted by molar-refractivity contribution is 14.1. The first-order valence-electron chi connectivity index (χ1n) is 3.31. The zero-order valence-electron chi connectivity index (χ0n) is 6.47. The lowest BCUT2D eigenvalue weighted by Crippen LogP contribution is -1.91. The highest BCUT2D eigenvalue weighted by Gasteiger charge is 2.05. The molecule has 0 amide bonds. The number of aliphatic hydroxyl groups is 1. The van der Waals surface area contributed by atoms with Gasteiger partial charge in [-0.25, -0.2) is 0 Å². The van der Waals surface area contributed by atoms with E-state index in [2.05, 4.69) is 38.5 Å². The van der Waals surface area contributed by atoms with Crippen molar-refractivity contribution in [1.29, 1.82) is 0 Å². The molecule has 0 aliphatic carbocycles. The molecule has 1 rings (SSSR count). The first-order valence-corrected chi connectivity index (χ1v) is 5.19. The molecule has 0 radical (unpaired) electrons. The molecule has 0 saturated carbocycles. The van der Waals surface area contributed by atoms with E-state index >= 15 is 0 Å². The van der Waals surface area contributed by atoms with Crippen LogP contribution in [0, 0.1) is 3.57 Å². The third kappa shape index (κ3) is 2.11. The molecule has 0 bridgehead atoms. The Morgan fingerprint density at radius 2 is 2.25 bits per heavy atom. The fourth-order valence-corrected chi connectivity index (χ4v) is 2.43. The number of hydrogen-bond acceptors (Lipinski definition) is 2. The standard InChI is InChI=1S/C8H8BrIO2/c1-12-8-2-5(4-11)6(9)3-7(8)10/h2-3,11H,4H2,1H3. The summed E-state index contributed by atoms with van der Waals surface area (Å²) in [6, 6.07) is 3.75. The van der Waals surface area contributed by atoms with Crippen LogP contribution in [0.25, 0.3) is 0 Å². The van der Waals surface area contributed by atoms with Crippen LogP contribution in [0.4, 0.5) is 0 Å². The van der Waals surface area contributed by atoms with E-state index in [4.69, 9.17) is 9.84 Å². The summed E-state index contributed by atoms with van der Waals surface area (Å²) in [6.45, 7) is 0.0217. The smallest absolute Gasteiger partial charge is 0.132 e. The first kappa shape index (κ1) is 10.3. The van der Waals surface area contributed by atoms with E-state index in [0.717, 1.165) is 19.4 Å². The second-order valence-corrected chi connectivity index (χ2v) is 4.25. The molecule has 1 aromatic rings. The summed E-state index contributed by atoms with van der Waals surface area (Å²) in [4.78, 5) is 0. The summed E-state index contributed by atoms with van der Waals surface area (Å²) < 4.78 is 7.04. The van der Waals surface area contributed by atoms with E-state index in [1.54, 1.807) is 7.11 Å². The molecule has 1 N–H and O–H groups in total. The number of ether oxygens (including phenoxy) is 1. The van der Waals surface area contributed by atoms with Crippen molar-refractivity contribution in [2.45, 2.75) is 6.61 Å². The molecular weight excluding hydrogens is 335 g/mol. The van der Waals surface area contributed by atoms with Crippen LogP contribution in [-0.4, -0.2) is 12.2 Å². The van der Waals surface area contributed by atoms with Crippen molar-refractivity contribution in [1.82, 2.24) is 0 Å². The second kappa shape index (κ2) is 4.43. The van der Waals surface area contributed by atoms with Crippen LogP contribution in [-0.2, 0) is 6.61 Å². The van der Waals surface area contributed by atoms with Crippen molar-refractivity contribution in [2.75, 3.05) is 7.11 Å². The maximum atomic E-state index is 8.94. The van der Waals surface area contributed by atoms with Crippen LogP contribution in [0.3, 0.4) is 0 Å². The van der Waals surface area contributed by atoms with Gasteiger partial charge in [0.2, 0.25) is 0 Å². The van der Waals surface area contributed by atoms with Crippen molar-refractivity contribution in [3.05, 3.63) is 25.7 Å². The largest absolute Gasteiger partial charge is 0.496 e. The molecule has 0 saturated heterocycles. The Morgan fingerprint density at radius 3 is 2.75 bits per heavy atom. The van der Waals surface area contributed by atoms with Crippen LogP contribution in [0.5, 0.6) is 5.75 Å². The summed E-state index contributed by atoms with van der Waals surface area (Å²) in [7, 11) is 1.62. The molecule has 0 aromatic heterocycles. The zero-order valence-corrected chi connectivity index (χ0v) is 10.2. The Balaban J connectivity index is 3.18. The van der Waals surface area contributed by atoms with Gasteiger partial charge >= 0.3 is 0 Å². The number of aliphatic hydroxyl groups excluding tert-OH is 1. The Hall–Kier alpha value is 0.190. The molecule has 0 spiro atoms. The van der Waals surface area contributed by atoms with Gasteiger partial charge in [-0.2, -0.15) is 0 Å². The lowest BCUT2D eigenvalue weighted by atomic mass is 10.2. The van der Waals surface area contributed by atoms with Crippen LogP contribution < -0.4 is 4.74 Å².